The number of hydrogen-bond donors (Lipinski definition) is 2. The Balaban J connectivity index is 1.49. The minimum Gasteiger partial charge on any atom is -0.488 e. The molecule has 1 amide bonds. The van der Waals surface area contributed by atoms with Gasteiger partial charge in [0, 0.05) is 31.3 Å². The summed E-state index contributed by atoms with van der Waals surface area (Å²) in [5.41, 5.74) is 8.90. The van der Waals surface area contributed by atoms with E-state index in [1.165, 1.54) is 12.1 Å². The van der Waals surface area contributed by atoms with E-state index in [2.05, 4.69) is 11.4 Å². The van der Waals surface area contributed by atoms with E-state index in [0.717, 1.165) is 22.3 Å². The zero-order valence-corrected chi connectivity index (χ0v) is 15.9. The molecule has 0 aliphatic carbocycles. The molecule has 1 fully saturated rings. The first-order valence-electron chi connectivity index (χ1n) is 9.60. The lowest BCUT2D eigenvalue weighted by molar-refractivity contribution is -0.130. The highest BCUT2D eigenvalue weighted by Crippen LogP contribution is 2.38. The molecule has 29 heavy (non-hydrogen) atoms. The van der Waals surface area contributed by atoms with Crippen molar-refractivity contribution in [2.24, 2.45) is 5.73 Å². The Hall–Kier alpha value is -2.95. The highest BCUT2D eigenvalue weighted by atomic mass is 19.1. The topological polar surface area (TPSA) is 97.4 Å². The van der Waals surface area contributed by atoms with Gasteiger partial charge in [0.2, 0.25) is 5.91 Å². The molecule has 0 saturated carbocycles. The van der Waals surface area contributed by atoms with Gasteiger partial charge in [0.25, 0.3) is 0 Å². The minimum absolute atomic E-state index is 0.315. The van der Waals surface area contributed by atoms with Crippen molar-refractivity contribution in [1.82, 2.24) is 5.32 Å². The standard InChI is InChI=1S/C22H22FN3O3/c23-16-2-4-19-18-3-1-14(9-15(18)13-29-20(19)11-16)10-17(12-24)26-21(27)22(25)5-7-28-8-6-22/h1-4,9,11,17H,5-8,10,13,25H2,(H,26,27)/t17-/m0/s1. The number of carbonyl (C=O) groups excluding carboxylic acids is 1. The Morgan fingerprint density at radius 3 is 2.76 bits per heavy atom. The van der Waals surface area contributed by atoms with E-state index < -0.39 is 11.6 Å². The number of carbonyl (C=O) groups is 1. The smallest absolute Gasteiger partial charge is 0.241 e. The first kappa shape index (κ1) is 19.4. The summed E-state index contributed by atoms with van der Waals surface area (Å²) in [4.78, 5) is 12.6. The summed E-state index contributed by atoms with van der Waals surface area (Å²) in [6, 6.07) is 11.8. The van der Waals surface area contributed by atoms with Gasteiger partial charge in [0.15, 0.2) is 0 Å². The summed E-state index contributed by atoms with van der Waals surface area (Å²) >= 11 is 0. The van der Waals surface area contributed by atoms with Crippen LogP contribution in [-0.2, 0) is 22.6 Å². The van der Waals surface area contributed by atoms with Gasteiger partial charge >= 0.3 is 0 Å². The molecule has 1 saturated heterocycles. The molecule has 0 spiro atoms. The van der Waals surface area contributed by atoms with Crippen molar-refractivity contribution < 1.29 is 18.7 Å². The number of amides is 1. The molecular formula is C22H22FN3O3. The molecule has 7 heteroatoms. The van der Waals surface area contributed by atoms with Crippen molar-refractivity contribution in [2.75, 3.05) is 13.2 Å². The van der Waals surface area contributed by atoms with Gasteiger partial charge < -0.3 is 20.5 Å². The minimum atomic E-state index is -0.990. The van der Waals surface area contributed by atoms with Crippen LogP contribution in [0.2, 0.25) is 0 Å². The number of fused-ring (bicyclic) bond motifs is 3. The molecule has 4 rings (SSSR count). The maximum absolute atomic E-state index is 13.4. The molecule has 2 aromatic carbocycles. The second kappa shape index (κ2) is 7.82. The number of hydrogen-bond acceptors (Lipinski definition) is 5. The molecule has 0 bridgehead atoms. The van der Waals surface area contributed by atoms with Crippen LogP contribution in [0.4, 0.5) is 4.39 Å². The van der Waals surface area contributed by atoms with Crippen LogP contribution in [0.15, 0.2) is 36.4 Å². The first-order chi connectivity index (χ1) is 14.0. The van der Waals surface area contributed by atoms with E-state index in [0.29, 0.717) is 44.8 Å². The van der Waals surface area contributed by atoms with E-state index in [1.807, 2.05) is 18.2 Å². The highest BCUT2D eigenvalue weighted by Gasteiger charge is 2.36. The fourth-order valence-corrected chi connectivity index (χ4v) is 3.78. The maximum atomic E-state index is 13.4. The Bertz CT molecular complexity index is 980. The Morgan fingerprint density at radius 2 is 2.00 bits per heavy atom. The molecule has 0 aromatic heterocycles. The number of benzene rings is 2. The maximum Gasteiger partial charge on any atom is 0.241 e. The molecule has 2 aromatic rings. The van der Waals surface area contributed by atoms with Gasteiger partial charge in [-0.3, -0.25) is 4.79 Å². The molecule has 2 aliphatic heterocycles. The summed E-state index contributed by atoms with van der Waals surface area (Å²) in [7, 11) is 0. The zero-order chi connectivity index (χ0) is 20.4. The molecule has 2 heterocycles. The van der Waals surface area contributed by atoms with E-state index in [-0.39, 0.29) is 11.7 Å². The highest BCUT2D eigenvalue weighted by molar-refractivity contribution is 5.86. The summed E-state index contributed by atoms with van der Waals surface area (Å²) in [6.45, 7) is 1.21. The summed E-state index contributed by atoms with van der Waals surface area (Å²) in [5, 5.41) is 12.3. The summed E-state index contributed by atoms with van der Waals surface area (Å²) in [5.74, 6) is -0.125. The van der Waals surface area contributed by atoms with Gasteiger partial charge in [-0.2, -0.15) is 5.26 Å². The van der Waals surface area contributed by atoms with E-state index in [4.69, 9.17) is 15.2 Å². The lowest BCUT2D eigenvalue weighted by atomic mass is 9.89. The lowest BCUT2D eigenvalue weighted by Crippen LogP contribution is -2.58. The number of nitrogens with two attached hydrogens (primary N) is 1. The first-order valence-corrected chi connectivity index (χ1v) is 9.60. The van der Waals surface area contributed by atoms with Crippen molar-refractivity contribution in [2.45, 2.75) is 37.5 Å². The van der Waals surface area contributed by atoms with Crippen LogP contribution < -0.4 is 15.8 Å². The van der Waals surface area contributed by atoms with Crippen LogP contribution in [0, 0.1) is 17.1 Å². The molecule has 0 unspecified atom stereocenters. The quantitative estimate of drug-likeness (QED) is 0.829. The van der Waals surface area contributed by atoms with E-state index >= 15 is 0 Å². The Kier molecular flexibility index (Phi) is 5.22. The van der Waals surface area contributed by atoms with Crippen molar-refractivity contribution in [3.63, 3.8) is 0 Å². The molecule has 150 valence electrons. The van der Waals surface area contributed by atoms with E-state index in [1.54, 1.807) is 6.07 Å². The molecule has 3 N–H and O–H groups in total. The monoisotopic (exact) mass is 395 g/mol. The van der Waals surface area contributed by atoms with Crippen molar-refractivity contribution in [3.05, 3.63) is 53.3 Å². The molecule has 0 radical (unpaired) electrons. The Morgan fingerprint density at radius 1 is 1.24 bits per heavy atom. The number of nitrogens with zero attached hydrogens (tertiary/aromatic N) is 1. The third-order valence-corrected chi connectivity index (χ3v) is 5.52. The van der Waals surface area contributed by atoms with Crippen LogP contribution in [0.1, 0.15) is 24.0 Å². The molecule has 2 aliphatic rings. The molecule has 6 nitrogen and oxygen atoms in total. The average Bonchev–Trinajstić information content (AvgIpc) is 2.73. The van der Waals surface area contributed by atoms with Crippen LogP contribution in [0.3, 0.4) is 0 Å². The number of halogens is 1. The van der Waals surface area contributed by atoms with Gasteiger partial charge in [-0.25, -0.2) is 4.39 Å². The molecule has 1 atom stereocenters. The van der Waals surface area contributed by atoms with Crippen LogP contribution >= 0.6 is 0 Å². The van der Waals surface area contributed by atoms with Gasteiger partial charge in [0.1, 0.15) is 24.2 Å². The lowest BCUT2D eigenvalue weighted by Gasteiger charge is -2.32. The SMILES string of the molecule is N#C[C@H](Cc1ccc2c(c1)COc1cc(F)ccc1-2)NC(=O)C1(N)CCOCC1. The van der Waals surface area contributed by atoms with Gasteiger partial charge in [-0.15, -0.1) is 0 Å². The predicted molar refractivity (Wildman–Crippen MR) is 104 cm³/mol. The average molecular weight is 395 g/mol. The second-order valence-electron chi connectivity index (χ2n) is 7.55. The van der Waals surface area contributed by atoms with Crippen LogP contribution in [-0.4, -0.2) is 30.7 Å². The summed E-state index contributed by atoms with van der Waals surface area (Å²) < 4.78 is 24.4. The van der Waals surface area contributed by atoms with Crippen LogP contribution in [0.25, 0.3) is 11.1 Å². The fraction of sp³-hybridized carbons (Fsp3) is 0.364. The number of nitriles is 1. The number of rotatable bonds is 4. The van der Waals surface area contributed by atoms with Crippen molar-refractivity contribution in [3.8, 4) is 22.9 Å². The number of ether oxygens (including phenoxy) is 2. The largest absolute Gasteiger partial charge is 0.488 e. The summed E-state index contributed by atoms with van der Waals surface area (Å²) in [6.07, 6.45) is 1.23. The molecular weight excluding hydrogens is 373 g/mol. The second-order valence-corrected chi connectivity index (χ2v) is 7.55. The van der Waals surface area contributed by atoms with Gasteiger partial charge in [-0.05, 0) is 41.7 Å². The van der Waals surface area contributed by atoms with Crippen molar-refractivity contribution in [1.29, 1.82) is 5.26 Å². The predicted octanol–water partition coefficient (Wildman–Crippen LogP) is 2.44. The Labute approximate surface area is 168 Å². The normalized spacial score (nSPS) is 17.8. The van der Waals surface area contributed by atoms with Crippen molar-refractivity contribution >= 4 is 5.91 Å². The van der Waals surface area contributed by atoms with Gasteiger partial charge in [-0.1, -0.05) is 18.2 Å². The third kappa shape index (κ3) is 3.95. The van der Waals surface area contributed by atoms with Gasteiger partial charge in [0.05, 0.1) is 11.6 Å². The number of nitrogens with one attached hydrogen (secondary N) is 1. The van der Waals surface area contributed by atoms with E-state index in [9.17, 15) is 14.4 Å². The van der Waals surface area contributed by atoms with Crippen LogP contribution in [0.5, 0.6) is 5.75 Å². The third-order valence-electron chi connectivity index (χ3n) is 5.52. The fourth-order valence-electron chi connectivity index (χ4n) is 3.78. The zero-order valence-electron chi connectivity index (χ0n) is 15.9.